The number of carbonyl (C=O) groups is 2. The summed E-state index contributed by atoms with van der Waals surface area (Å²) in [5.74, 6) is -1.78. The zero-order valence-electron chi connectivity index (χ0n) is 9.05. The van der Waals surface area contributed by atoms with Crippen molar-refractivity contribution in [1.82, 2.24) is 5.32 Å². The molecule has 1 rings (SSSR count). The van der Waals surface area contributed by atoms with Gasteiger partial charge in [-0.05, 0) is 41.6 Å². The largest absolute Gasteiger partial charge is 0.480 e. The molecule has 0 aliphatic rings. The highest BCUT2D eigenvalue weighted by atomic mass is 127. The molecule has 0 saturated heterocycles. The molecule has 0 saturated carbocycles. The second kappa shape index (κ2) is 5.97. The summed E-state index contributed by atoms with van der Waals surface area (Å²) in [4.78, 5) is 22.6. The van der Waals surface area contributed by atoms with Gasteiger partial charge in [0.05, 0.1) is 11.7 Å². The average Bonchev–Trinajstić information content (AvgIpc) is 2.25. The lowest BCUT2D eigenvalue weighted by Gasteiger charge is -2.17. The van der Waals surface area contributed by atoms with Crippen molar-refractivity contribution in [3.05, 3.63) is 33.4 Å². The highest BCUT2D eigenvalue weighted by Gasteiger charge is 2.25. The number of rotatable bonds is 4. The van der Waals surface area contributed by atoms with Crippen LogP contribution in [0, 0.1) is 3.57 Å². The SMILES string of the molecule is CC(O)C(NC(=O)c1ccccc1I)C(=O)O. The van der Waals surface area contributed by atoms with Crippen molar-refractivity contribution in [2.24, 2.45) is 0 Å². The van der Waals surface area contributed by atoms with Crippen LogP contribution in [0.3, 0.4) is 0 Å². The lowest BCUT2D eigenvalue weighted by Crippen LogP contribution is -2.47. The number of benzene rings is 1. The summed E-state index contributed by atoms with van der Waals surface area (Å²) in [7, 11) is 0. The van der Waals surface area contributed by atoms with Crippen molar-refractivity contribution in [3.63, 3.8) is 0 Å². The maximum atomic E-state index is 11.8. The molecule has 0 spiro atoms. The van der Waals surface area contributed by atoms with Gasteiger partial charge in [-0.1, -0.05) is 12.1 Å². The van der Waals surface area contributed by atoms with Crippen LogP contribution in [0.1, 0.15) is 17.3 Å². The molecule has 1 amide bonds. The third-order valence-electron chi connectivity index (χ3n) is 2.15. The minimum absolute atomic E-state index is 0.389. The first kappa shape index (κ1) is 13.9. The van der Waals surface area contributed by atoms with Gasteiger partial charge in [-0.15, -0.1) is 0 Å². The van der Waals surface area contributed by atoms with E-state index in [1.54, 1.807) is 24.3 Å². The standard InChI is InChI=1S/C11H12INO4/c1-6(14)9(11(16)17)13-10(15)7-4-2-3-5-8(7)12/h2-6,9,14H,1H3,(H,13,15)(H,16,17). The molecule has 2 atom stereocenters. The number of hydrogen-bond donors (Lipinski definition) is 3. The number of carbonyl (C=O) groups excluding carboxylic acids is 1. The Morgan fingerprint density at radius 1 is 1.35 bits per heavy atom. The van der Waals surface area contributed by atoms with E-state index in [9.17, 15) is 14.7 Å². The molecular formula is C11H12INO4. The molecule has 6 heteroatoms. The number of aliphatic hydroxyl groups excluding tert-OH is 1. The van der Waals surface area contributed by atoms with Crippen molar-refractivity contribution in [2.75, 3.05) is 0 Å². The average molecular weight is 349 g/mol. The van der Waals surface area contributed by atoms with Crippen molar-refractivity contribution >= 4 is 34.5 Å². The zero-order chi connectivity index (χ0) is 13.0. The number of aliphatic carboxylic acids is 1. The van der Waals surface area contributed by atoms with Crippen LogP contribution in [0.5, 0.6) is 0 Å². The van der Waals surface area contributed by atoms with Crippen LogP contribution >= 0.6 is 22.6 Å². The molecule has 0 aliphatic heterocycles. The molecule has 0 bridgehead atoms. The van der Waals surface area contributed by atoms with Crippen LogP contribution in [-0.4, -0.2) is 34.2 Å². The van der Waals surface area contributed by atoms with Crippen LogP contribution < -0.4 is 5.32 Å². The minimum Gasteiger partial charge on any atom is -0.480 e. The highest BCUT2D eigenvalue weighted by molar-refractivity contribution is 14.1. The quantitative estimate of drug-likeness (QED) is 0.704. The molecule has 5 nitrogen and oxygen atoms in total. The van der Waals surface area contributed by atoms with E-state index in [4.69, 9.17) is 5.11 Å². The first-order valence-corrected chi connectivity index (χ1v) is 5.97. The lowest BCUT2D eigenvalue weighted by atomic mass is 10.1. The van der Waals surface area contributed by atoms with Gasteiger partial charge in [-0.25, -0.2) is 4.79 Å². The summed E-state index contributed by atoms with van der Waals surface area (Å²) in [5.41, 5.74) is 0.389. The van der Waals surface area contributed by atoms with Gasteiger partial charge in [0.15, 0.2) is 6.04 Å². The van der Waals surface area contributed by atoms with Crippen LogP contribution in [0.2, 0.25) is 0 Å². The lowest BCUT2D eigenvalue weighted by molar-refractivity contribution is -0.141. The smallest absolute Gasteiger partial charge is 0.328 e. The van der Waals surface area contributed by atoms with Gasteiger partial charge < -0.3 is 15.5 Å². The Hall–Kier alpha value is -1.15. The maximum absolute atomic E-state index is 11.8. The van der Waals surface area contributed by atoms with E-state index in [1.165, 1.54) is 6.92 Å². The molecule has 17 heavy (non-hydrogen) atoms. The van der Waals surface area contributed by atoms with E-state index in [-0.39, 0.29) is 0 Å². The molecule has 2 unspecified atom stereocenters. The van der Waals surface area contributed by atoms with Crippen molar-refractivity contribution in [1.29, 1.82) is 0 Å². The second-order valence-corrected chi connectivity index (χ2v) is 4.67. The molecule has 1 aromatic carbocycles. The van der Waals surface area contributed by atoms with Crippen LogP contribution in [0.15, 0.2) is 24.3 Å². The summed E-state index contributed by atoms with van der Waals surface area (Å²) in [5, 5.41) is 20.4. The molecule has 0 aromatic heterocycles. The number of halogens is 1. The Morgan fingerprint density at radius 3 is 2.41 bits per heavy atom. The topological polar surface area (TPSA) is 86.6 Å². The summed E-state index contributed by atoms with van der Waals surface area (Å²) in [6.45, 7) is 1.31. The van der Waals surface area contributed by atoms with Gasteiger partial charge in [0.2, 0.25) is 0 Å². The predicted octanol–water partition coefficient (Wildman–Crippen LogP) is 0.855. The minimum atomic E-state index is -1.31. The van der Waals surface area contributed by atoms with E-state index >= 15 is 0 Å². The second-order valence-electron chi connectivity index (χ2n) is 3.51. The fraction of sp³-hybridized carbons (Fsp3) is 0.273. The van der Waals surface area contributed by atoms with Crippen molar-refractivity contribution in [3.8, 4) is 0 Å². The van der Waals surface area contributed by atoms with Crippen LogP contribution in [0.4, 0.5) is 0 Å². The molecule has 0 fully saturated rings. The number of hydrogen-bond acceptors (Lipinski definition) is 3. The Kier molecular flexibility index (Phi) is 4.88. The monoisotopic (exact) mass is 349 g/mol. The molecule has 0 radical (unpaired) electrons. The summed E-state index contributed by atoms with van der Waals surface area (Å²) in [6, 6.07) is 5.50. The predicted molar refractivity (Wildman–Crippen MR) is 69.7 cm³/mol. The van der Waals surface area contributed by atoms with E-state index in [0.717, 1.165) is 3.57 Å². The van der Waals surface area contributed by atoms with E-state index in [0.29, 0.717) is 5.56 Å². The van der Waals surface area contributed by atoms with Gasteiger partial charge in [-0.2, -0.15) is 0 Å². The molecule has 3 N–H and O–H groups in total. The molecule has 0 heterocycles. The summed E-state index contributed by atoms with van der Waals surface area (Å²) < 4.78 is 0.720. The number of nitrogens with one attached hydrogen (secondary N) is 1. The molecular weight excluding hydrogens is 337 g/mol. The maximum Gasteiger partial charge on any atom is 0.328 e. The zero-order valence-corrected chi connectivity index (χ0v) is 11.2. The van der Waals surface area contributed by atoms with Gasteiger partial charge in [0, 0.05) is 3.57 Å². The van der Waals surface area contributed by atoms with E-state index in [1.807, 2.05) is 22.6 Å². The van der Waals surface area contributed by atoms with Gasteiger partial charge in [0.1, 0.15) is 0 Å². The number of aliphatic hydroxyl groups is 1. The number of amides is 1. The third kappa shape index (κ3) is 3.67. The molecule has 1 aromatic rings. The fourth-order valence-corrected chi connectivity index (χ4v) is 1.89. The molecule has 92 valence electrons. The van der Waals surface area contributed by atoms with Crippen LogP contribution in [0.25, 0.3) is 0 Å². The van der Waals surface area contributed by atoms with Crippen LogP contribution in [-0.2, 0) is 4.79 Å². The number of carboxylic acid groups (broad SMARTS) is 1. The number of carboxylic acids is 1. The third-order valence-corrected chi connectivity index (χ3v) is 3.09. The Balaban J connectivity index is 2.85. The van der Waals surface area contributed by atoms with E-state index in [2.05, 4.69) is 5.32 Å². The van der Waals surface area contributed by atoms with E-state index < -0.39 is 24.0 Å². The van der Waals surface area contributed by atoms with Crippen molar-refractivity contribution < 1.29 is 19.8 Å². The Bertz CT molecular complexity index is 433. The molecule has 0 aliphatic carbocycles. The van der Waals surface area contributed by atoms with Crippen molar-refractivity contribution in [2.45, 2.75) is 19.1 Å². The first-order chi connectivity index (χ1) is 7.93. The normalized spacial score (nSPS) is 13.8. The van der Waals surface area contributed by atoms with Gasteiger partial charge in [-0.3, -0.25) is 4.79 Å². The highest BCUT2D eigenvalue weighted by Crippen LogP contribution is 2.11. The van der Waals surface area contributed by atoms with Gasteiger partial charge >= 0.3 is 5.97 Å². The fourth-order valence-electron chi connectivity index (χ4n) is 1.25. The van der Waals surface area contributed by atoms with Gasteiger partial charge in [0.25, 0.3) is 5.91 Å². The summed E-state index contributed by atoms with van der Waals surface area (Å²) >= 11 is 1.99. The Labute approximate surface area is 112 Å². The Morgan fingerprint density at radius 2 is 1.94 bits per heavy atom. The summed E-state index contributed by atoms with van der Waals surface area (Å²) in [6.07, 6.45) is -1.15. The first-order valence-electron chi connectivity index (χ1n) is 4.89.